The van der Waals surface area contributed by atoms with Crippen LogP contribution in [-0.4, -0.2) is 4.90 Å². The quantitative estimate of drug-likeness (QED) is 0.428. The molecule has 0 spiro atoms. The van der Waals surface area contributed by atoms with Gasteiger partial charge in [0.25, 0.3) is 0 Å². The maximum Gasteiger partial charge on any atom is 0.0149 e. The first-order valence-corrected chi connectivity index (χ1v) is 4.07. The molecule has 0 aromatic rings. The van der Waals surface area contributed by atoms with Crippen LogP contribution >= 0.6 is 0 Å². The van der Waals surface area contributed by atoms with Gasteiger partial charge in [0.15, 0.2) is 0 Å². The fourth-order valence-corrected chi connectivity index (χ4v) is 0.878. The van der Waals surface area contributed by atoms with E-state index in [1.165, 1.54) is 0 Å². The Labute approximate surface area is 75.4 Å². The zero-order chi connectivity index (χ0) is 9.40. The molecule has 0 saturated carbocycles. The molecule has 0 unspecified atom stereocenters. The largest absolute Gasteiger partial charge is 0.329 e. The highest BCUT2D eigenvalue weighted by atomic mass is 15.1. The van der Waals surface area contributed by atoms with Gasteiger partial charge in [-0.25, -0.2) is 0 Å². The normalized spacial score (nSPS) is 10.6. The van der Waals surface area contributed by atoms with Gasteiger partial charge >= 0.3 is 0 Å². The van der Waals surface area contributed by atoms with Crippen molar-refractivity contribution in [3.8, 4) is 0 Å². The summed E-state index contributed by atoms with van der Waals surface area (Å²) >= 11 is 0. The van der Waals surface area contributed by atoms with Crippen molar-refractivity contribution < 1.29 is 0 Å². The summed E-state index contributed by atoms with van der Waals surface area (Å²) in [6.07, 6.45) is 9.58. The first-order chi connectivity index (χ1) is 5.76. The van der Waals surface area contributed by atoms with Crippen molar-refractivity contribution in [3.05, 3.63) is 50.0 Å². The second-order valence-electron chi connectivity index (χ2n) is 2.48. The van der Waals surface area contributed by atoms with Gasteiger partial charge in [0, 0.05) is 18.1 Å². The van der Waals surface area contributed by atoms with Gasteiger partial charge in [0.05, 0.1) is 0 Å². The van der Waals surface area contributed by atoms with Crippen molar-refractivity contribution in [2.24, 2.45) is 0 Å². The summed E-state index contributed by atoms with van der Waals surface area (Å²) in [5.41, 5.74) is 1.15. The van der Waals surface area contributed by atoms with Crippen molar-refractivity contribution in [2.45, 2.75) is 19.8 Å². The van der Waals surface area contributed by atoms with Gasteiger partial charge < -0.3 is 4.90 Å². The smallest absolute Gasteiger partial charge is 0.0149 e. The van der Waals surface area contributed by atoms with Gasteiger partial charge in [-0.3, -0.25) is 0 Å². The summed E-state index contributed by atoms with van der Waals surface area (Å²) in [4.78, 5) is 1.89. The third-order valence-corrected chi connectivity index (χ3v) is 1.61. The molecule has 1 nitrogen and oxygen atoms in total. The lowest BCUT2D eigenvalue weighted by atomic mass is 10.2. The Morgan fingerprint density at radius 1 is 1.17 bits per heavy atom. The highest BCUT2D eigenvalue weighted by Gasteiger charge is 1.92. The summed E-state index contributed by atoms with van der Waals surface area (Å²) in [6, 6.07) is 0. The Morgan fingerprint density at radius 3 is 2.17 bits per heavy atom. The van der Waals surface area contributed by atoms with E-state index >= 15 is 0 Å². The van der Waals surface area contributed by atoms with Gasteiger partial charge in [-0.1, -0.05) is 25.3 Å². The zero-order valence-electron chi connectivity index (χ0n) is 7.79. The van der Waals surface area contributed by atoms with Gasteiger partial charge in [0.2, 0.25) is 0 Å². The van der Waals surface area contributed by atoms with E-state index in [-0.39, 0.29) is 0 Å². The summed E-state index contributed by atoms with van der Waals surface area (Å²) < 4.78 is 0. The lowest BCUT2D eigenvalue weighted by Crippen LogP contribution is -2.04. The molecule has 12 heavy (non-hydrogen) atoms. The molecule has 0 rings (SSSR count). The van der Waals surface area contributed by atoms with Crippen LogP contribution in [0.4, 0.5) is 0 Å². The van der Waals surface area contributed by atoms with Crippen LogP contribution in [0, 0.1) is 0 Å². The van der Waals surface area contributed by atoms with Crippen molar-refractivity contribution >= 4 is 0 Å². The molecule has 0 amide bonds. The minimum Gasteiger partial charge on any atom is -0.329 e. The Kier molecular flexibility index (Phi) is 5.80. The average molecular weight is 163 g/mol. The van der Waals surface area contributed by atoms with Crippen molar-refractivity contribution in [2.75, 3.05) is 0 Å². The first-order valence-electron chi connectivity index (χ1n) is 4.07. The molecular formula is C11H17N. The Balaban J connectivity index is 4.03. The Bertz CT molecular complexity index is 181. The van der Waals surface area contributed by atoms with E-state index in [2.05, 4.69) is 25.8 Å². The molecule has 0 aliphatic rings. The van der Waals surface area contributed by atoms with Crippen LogP contribution in [0.15, 0.2) is 50.0 Å². The fourth-order valence-electron chi connectivity index (χ4n) is 0.878. The van der Waals surface area contributed by atoms with Gasteiger partial charge in [-0.05, 0) is 19.8 Å². The zero-order valence-corrected chi connectivity index (χ0v) is 7.79. The van der Waals surface area contributed by atoms with Crippen molar-refractivity contribution in [1.29, 1.82) is 0 Å². The SMILES string of the molecule is C=CCC/C=C(\C)N(C=C)C=C. The lowest BCUT2D eigenvalue weighted by Gasteiger charge is -2.14. The van der Waals surface area contributed by atoms with E-state index in [9.17, 15) is 0 Å². The van der Waals surface area contributed by atoms with Crippen LogP contribution in [0.1, 0.15) is 19.8 Å². The lowest BCUT2D eigenvalue weighted by molar-refractivity contribution is 0.628. The minimum atomic E-state index is 1.01. The molecule has 0 fully saturated rings. The Hall–Kier alpha value is -1.24. The highest BCUT2D eigenvalue weighted by Crippen LogP contribution is 2.06. The monoisotopic (exact) mass is 163 g/mol. The van der Waals surface area contributed by atoms with Crippen molar-refractivity contribution in [3.63, 3.8) is 0 Å². The molecule has 0 aromatic carbocycles. The first kappa shape index (κ1) is 10.8. The number of allylic oxidation sites excluding steroid dienone is 3. The molecule has 0 bridgehead atoms. The summed E-state index contributed by atoms with van der Waals surface area (Å²) in [7, 11) is 0. The van der Waals surface area contributed by atoms with E-state index in [0.717, 1.165) is 18.5 Å². The van der Waals surface area contributed by atoms with E-state index in [1.807, 2.05) is 17.9 Å². The summed E-state index contributed by atoms with van der Waals surface area (Å²) in [6.45, 7) is 13.0. The van der Waals surface area contributed by atoms with Crippen LogP contribution < -0.4 is 0 Å². The molecule has 0 aromatic heterocycles. The van der Waals surface area contributed by atoms with E-state index in [0.29, 0.717) is 0 Å². The van der Waals surface area contributed by atoms with Crippen LogP contribution in [-0.2, 0) is 0 Å². The van der Waals surface area contributed by atoms with Crippen LogP contribution in [0.5, 0.6) is 0 Å². The third-order valence-electron chi connectivity index (χ3n) is 1.61. The predicted octanol–water partition coefficient (Wildman–Crippen LogP) is 3.45. The summed E-state index contributed by atoms with van der Waals surface area (Å²) in [5.74, 6) is 0. The molecule has 0 saturated heterocycles. The molecule has 0 radical (unpaired) electrons. The van der Waals surface area contributed by atoms with Gasteiger partial charge in [-0.2, -0.15) is 0 Å². The standard InChI is InChI=1S/C11H17N/c1-5-8-9-10-11(4)12(6-2)7-3/h5-7,10H,1-3,8-9H2,4H3/b11-10+. The molecule has 0 N–H and O–H groups in total. The minimum absolute atomic E-state index is 1.01. The molecule has 66 valence electrons. The Morgan fingerprint density at radius 2 is 1.75 bits per heavy atom. The third kappa shape index (κ3) is 3.81. The van der Waals surface area contributed by atoms with Crippen LogP contribution in [0.25, 0.3) is 0 Å². The van der Waals surface area contributed by atoms with E-state index < -0.39 is 0 Å². The topological polar surface area (TPSA) is 3.24 Å². The van der Waals surface area contributed by atoms with E-state index in [4.69, 9.17) is 0 Å². The molecule has 0 heterocycles. The number of hydrogen-bond acceptors (Lipinski definition) is 1. The number of hydrogen-bond donors (Lipinski definition) is 0. The van der Waals surface area contributed by atoms with E-state index in [1.54, 1.807) is 12.4 Å². The molecule has 1 heteroatoms. The molecule has 0 aliphatic heterocycles. The number of rotatable bonds is 6. The fraction of sp³-hybridized carbons (Fsp3) is 0.273. The molecular weight excluding hydrogens is 146 g/mol. The highest BCUT2D eigenvalue weighted by molar-refractivity contribution is 5.05. The maximum atomic E-state index is 3.67. The molecule has 0 aliphatic carbocycles. The van der Waals surface area contributed by atoms with Crippen molar-refractivity contribution in [1.82, 2.24) is 4.90 Å². The number of unbranched alkanes of at least 4 members (excludes halogenated alkanes) is 1. The predicted molar refractivity (Wildman–Crippen MR) is 55.4 cm³/mol. The average Bonchev–Trinajstić information content (AvgIpc) is 2.07. The maximum absolute atomic E-state index is 3.67. The molecule has 0 atom stereocenters. The van der Waals surface area contributed by atoms with Gasteiger partial charge in [0.1, 0.15) is 0 Å². The van der Waals surface area contributed by atoms with Crippen LogP contribution in [0.2, 0.25) is 0 Å². The van der Waals surface area contributed by atoms with Crippen LogP contribution in [0.3, 0.4) is 0 Å². The summed E-state index contributed by atoms with van der Waals surface area (Å²) in [5, 5.41) is 0. The number of nitrogens with zero attached hydrogens (tertiary/aromatic N) is 1. The van der Waals surface area contributed by atoms with Gasteiger partial charge in [-0.15, -0.1) is 6.58 Å². The second-order valence-corrected chi connectivity index (χ2v) is 2.48. The second kappa shape index (κ2) is 6.47.